The average molecular weight is 233 g/mol. The molecule has 4 heteroatoms. The highest BCUT2D eigenvalue weighted by Crippen LogP contribution is 2.37. The van der Waals surface area contributed by atoms with Gasteiger partial charge in [-0.05, 0) is 41.8 Å². The first kappa shape index (κ1) is 9.78. The van der Waals surface area contributed by atoms with Crippen LogP contribution in [0.5, 0.6) is 0 Å². The van der Waals surface area contributed by atoms with Gasteiger partial charge in [0.1, 0.15) is 0 Å². The summed E-state index contributed by atoms with van der Waals surface area (Å²) in [6.45, 7) is 0. The van der Waals surface area contributed by atoms with Gasteiger partial charge in [0.2, 0.25) is 5.91 Å². The molecule has 0 atom stereocenters. The van der Waals surface area contributed by atoms with Gasteiger partial charge in [-0.2, -0.15) is 0 Å². The molecule has 0 bridgehead atoms. The van der Waals surface area contributed by atoms with Gasteiger partial charge in [0, 0.05) is 10.5 Å². The SMILES string of the molecule is O=C1CC(=C2CCCc3sccc32)C(=O)N1. The van der Waals surface area contributed by atoms with Crippen LogP contribution in [0.15, 0.2) is 17.0 Å². The van der Waals surface area contributed by atoms with Crippen molar-refractivity contribution < 1.29 is 9.59 Å². The van der Waals surface area contributed by atoms with E-state index in [4.69, 9.17) is 0 Å². The number of amides is 2. The summed E-state index contributed by atoms with van der Waals surface area (Å²) in [5.41, 5.74) is 2.96. The van der Waals surface area contributed by atoms with E-state index in [0.29, 0.717) is 5.57 Å². The lowest BCUT2D eigenvalue weighted by Crippen LogP contribution is -2.20. The second-order valence-electron chi connectivity index (χ2n) is 4.12. The molecule has 1 fully saturated rings. The molecule has 0 radical (unpaired) electrons. The maximum Gasteiger partial charge on any atom is 0.254 e. The number of fused-ring (bicyclic) bond motifs is 1. The zero-order chi connectivity index (χ0) is 11.1. The Balaban J connectivity index is 2.12. The van der Waals surface area contributed by atoms with Crippen LogP contribution < -0.4 is 5.32 Å². The smallest absolute Gasteiger partial charge is 0.254 e. The van der Waals surface area contributed by atoms with E-state index in [1.54, 1.807) is 11.3 Å². The minimum absolute atomic E-state index is 0.171. The summed E-state index contributed by atoms with van der Waals surface area (Å²) in [5.74, 6) is -0.367. The van der Waals surface area contributed by atoms with Crippen LogP contribution in [0.3, 0.4) is 0 Å². The molecule has 16 heavy (non-hydrogen) atoms. The third-order valence-corrected chi connectivity index (χ3v) is 4.11. The molecular weight excluding hydrogens is 222 g/mol. The molecule has 0 spiro atoms. The minimum Gasteiger partial charge on any atom is -0.292 e. The number of rotatable bonds is 0. The third-order valence-electron chi connectivity index (χ3n) is 3.13. The molecule has 0 unspecified atom stereocenters. The van der Waals surface area contributed by atoms with Gasteiger partial charge in [-0.1, -0.05) is 0 Å². The highest BCUT2D eigenvalue weighted by atomic mass is 32.1. The topological polar surface area (TPSA) is 46.2 Å². The molecule has 2 aliphatic rings. The van der Waals surface area contributed by atoms with Gasteiger partial charge < -0.3 is 0 Å². The van der Waals surface area contributed by atoms with Gasteiger partial charge in [0.15, 0.2) is 0 Å². The lowest BCUT2D eigenvalue weighted by molar-refractivity contribution is -0.124. The van der Waals surface area contributed by atoms with E-state index in [1.807, 2.05) is 0 Å². The number of hydrogen-bond acceptors (Lipinski definition) is 3. The van der Waals surface area contributed by atoms with E-state index < -0.39 is 0 Å². The number of carbonyl (C=O) groups is 2. The number of aryl methyl sites for hydroxylation is 1. The average Bonchev–Trinajstić information content (AvgIpc) is 2.84. The number of allylic oxidation sites excluding steroid dienone is 1. The highest BCUT2D eigenvalue weighted by Gasteiger charge is 2.29. The molecule has 1 aliphatic heterocycles. The van der Waals surface area contributed by atoms with Crippen molar-refractivity contribution in [3.05, 3.63) is 27.5 Å². The van der Waals surface area contributed by atoms with Crippen LogP contribution in [0.2, 0.25) is 0 Å². The number of imide groups is 1. The van der Waals surface area contributed by atoms with Gasteiger partial charge >= 0.3 is 0 Å². The summed E-state index contributed by atoms with van der Waals surface area (Å²) >= 11 is 1.74. The summed E-state index contributed by atoms with van der Waals surface area (Å²) in [7, 11) is 0. The number of nitrogens with one attached hydrogen (secondary N) is 1. The van der Waals surface area contributed by atoms with Gasteiger partial charge in [-0.3, -0.25) is 14.9 Å². The molecule has 2 heterocycles. The third kappa shape index (κ3) is 1.41. The lowest BCUT2D eigenvalue weighted by Gasteiger charge is -2.16. The van der Waals surface area contributed by atoms with Crippen LogP contribution in [-0.4, -0.2) is 11.8 Å². The fourth-order valence-corrected chi connectivity index (χ4v) is 3.36. The summed E-state index contributed by atoms with van der Waals surface area (Å²) in [6.07, 6.45) is 3.34. The molecule has 3 nitrogen and oxygen atoms in total. The summed E-state index contributed by atoms with van der Waals surface area (Å²) < 4.78 is 0. The molecule has 0 aromatic carbocycles. The molecule has 0 saturated carbocycles. The van der Waals surface area contributed by atoms with E-state index in [0.717, 1.165) is 24.8 Å². The monoisotopic (exact) mass is 233 g/mol. The van der Waals surface area contributed by atoms with Gasteiger partial charge in [0.25, 0.3) is 5.91 Å². The van der Waals surface area contributed by atoms with Crippen molar-refractivity contribution in [3.63, 3.8) is 0 Å². The Hall–Kier alpha value is -1.42. The molecule has 1 aromatic heterocycles. The van der Waals surface area contributed by atoms with Crippen molar-refractivity contribution in [1.82, 2.24) is 5.32 Å². The van der Waals surface area contributed by atoms with Crippen molar-refractivity contribution >= 4 is 28.7 Å². The van der Waals surface area contributed by atoms with E-state index in [1.165, 1.54) is 10.4 Å². The standard InChI is InChI=1S/C12H11NO2S/c14-11-6-9(12(15)13-11)7-2-1-3-10-8(7)4-5-16-10/h4-5H,1-3,6H2,(H,13,14,15). The highest BCUT2D eigenvalue weighted by molar-refractivity contribution is 7.10. The van der Waals surface area contributed by atoms with E-state index in [9.17, 15) is 9.59 Å². The largest absolute Gasteiger partial charge is 0.292 e. The van der Waals surface area contributed by atoms with Crippen LogP contribution in [0.1, 0.15) is 29.7 Å². The maximum absolute atomic E-state index is 11.6. The predicted molar refractivity (Wildman–Crippen MR) is 61.9 cm³/mol. The van der Waals surface area contributed by atoms with Gasteiger partial charge in [-0.15, -0.1) is 11.3 Å². The molecular formula is C12H11NO2S. The Labute approximate surface area is 97.2 Å². The maximum atomic E-state index is 11.6. The molecule has 1 aromatic rings. The van der Waals surface area contributed by atoms with Crippen LogP contribution in [-0.2, 0) is 16.0 Å². The zero-order valence-electron chi connectivity index (χ0n) is 8.71. The predicted octanol–water partition coefficient (Wildman–Crippen LogP) is 1.88. The van der Waals surface area contributed by atoms with Crippen molar-refractivity contribution in [1.29, 1.82) is 0 Å². The van der Waals surface area contributed by atoms with E-state index >= 15 is 0 Å². The molecule has 1 aliphatic carbocycles. The molecule has 82 valence electrons. The van der Waals surface area contributed by atoms with Crippen molar-refractivity contribution in [2.75, 3.05) is 0 Å². The molecule has 1 saturated heterocycles. The van der Waals surface area contributed by atoms with Crippen LogP contribution in [0, 0.1) is 0 Å². The van der Waals surface area contributed by atoms with Crippen molar-refractivity contribution in [2.24, 2.45) is 0 Å². The van der Waals surface area contributed by atoms with Crippen molar-refractivity contribution in [2.45, 2.75) is 25.7 Å². The second-order valence-corrected chi connectivity index (χ2v) is 5.12. The van der Waals surface area contributed by atoms with Crippen LogP contribution in [0.25, 0.3) is 5.57 Å². The first-order chi connectivity index (χ1) is 7.75. The molecule has 1 N–H and O–H groups in total. The normalized spacial score (nSPS) is 24.5. The van der Waals surface area contributed by atoms with Crippen LogP contribution in [0.4, 0.5) is 0 Å². The Kier molecular flexibility index (Phi) is 2.17. The first-order valence-electron chi connectivity index (χ1n) is 5.38. The lowest BCUT2D eigenvalue weighted by atomic mass is 9.89. The fourth-order valence-electron chi connectivity index (χ4n) is 2.41. The Bertz CT molecular complexity index is 513. The second kappa shape index (κ2) is 3.56. The van der Waals surface area contributed by atoms with Gasteiger partial charge in [0.05, 0.1) is 6.42 Å². The Morgan fingerprint density at radius 3 is 2.81 bits per heavy atom. The Morgan fingerprint density at radius 2 is 2.06 bits per heavy atom. The summed E-state index contributed by atoms with van der Waals surface area (Å²) in [4.78, 5) is 24.2. The van der Waals surface area contributed by atoms with Crippen LogP contribution >= 0.6 is 11.3 Å². The molecule has 2 amide bonds. The van der Waals surface area contributed by atoms with E-state index in [2.05, 4.69) is 16.8 Å². The van der Waals surface area contributed by atoms with Gasteiger partial charge in [-0.25, -0.2) is 0 Å². The fraction of sp³-hybridized carbons (Fsp3) is 0.333. The number of thiophene rings is 1. The Morgan fingerprint density at radius 1 is 1.19 bits per heavy atom. The number of carbonyl (C=O) groups excluding carboxylic acids is 2. The quantitative estimate of drug-likeness (QED) is 0.549. The van der Waals surface area contributed by atoms with E-state index in [-0.39, 0.29) is 18.2 Å². The zero-order valence-corrected chi connectivity index (χ0v) is 9.52. The summed E-state index contributed by atoms with van der Waals surface area (Å²) in [6, 6.07) is 2.07. The summed E-state index contributed by atoms with van der Waals surface area (Å²) in [5, 5.41) is 4.42. The van der Waals surface area contributed by atoms with Crippen molar-refractivity contribution in [3.8, 4) is 0 Å². The number of hydrogen-bond donors (Lipinski definition) is 1. The minimum atomic E-state index is -0.195. The first-order valence-corrected chi connectivity index (χ1v) is 6.26. The molecule has 3 rings (SSSR count).